The number of halogens is 2. The molecule has 0 bridgehead atoms. The first-order chi connectivity index (χ1) is 15.0. The van der Waals surface area contributed by atoms with Crippen molar-refractivity contribution in [1.82, 2.24) is 20.2 Å². The summed E-state index contributed by atoms with van der Waals surface area (Å²) in [6.07, 6.45) is 3.08. The minimum absolute atomic E-state index is 0.0592. The predicted molar refractivity (Wildman–Crippen MR) is 114 cm³/mol. The van der Waals surface area contributed by atoms with Gasteiger partial charge in [0.25, 0.3) is 0 Å². The molecule has 2 aromatic rings. The van der Waals surface area contributed by atoms with E-state index in [0.717, 1.165) is 36.8 Å². The lowest BCUT2D eigenvalue weighted by Crippen LogP contribution is -2.65. The van der Waals surface area contributed by atoms with Crippen LogP contribution in [-0.4, -0.2) is 39.1 Å². The molecule has 2 saturated heterocycles. The van der Waals surface area contributed by atoms with Crippen molar-refractivity contribution in [3.05, 3.63) is 70.5 Å². The largest absolute Gasteiger partial charge is 0.337 e. The number of hydrogen-bond donors (Lipinski definition) is 1. The molecular formula is C23H24ClFN4O2. The van der Waals surface area contributed by atoms with Gasteiger partial charge in [-0.05, 0) is 48.2 Å². The molecule has 8 heteroatoms. The summed E-state index contributed by atoms with van der Waals surface area (Å²) in [5.41, 5.74) is 5.03. The van der Waals surface area contributed by atoms with E-state index < -0.39 is 6.29 Å². The maximum atomic E-state index is 13.4. The van der Waals surface area contributed by atoms with Crippen LogP contribution in [0.3, 0.4) is 0 Å². The van der Waals surface area contributed by atoms with Crippen LogP contribution in [0, 0.1) is 11.7 Å². The molecule has 162 valence electrons. The monoisotopic (exact) mass is 442 g/mol. The molecule has 0 radical (unpaired) electrons. The first-order valence-corrected chi connectivity index (χ1v) is 11.0. The molecule has 3 amide bonds. The van der Waals surface area contributed by atoms with Crippen molar-refractivity contribution in [2.24, 2.45) is 5.92 Å². The van der Waals surface area contributed by atoms with Gasteiger partial charge in [-0.3, -0.25) is 14.7 Å². The Bertz CT molecular complexity index is 984. The van der Waals surface area contributed by atoms with Crippen LogP contribution in [0.15, 0.2) is 48.5 Å². The molecule has 5 rings (SSSR count). The highest BCUT2D eigenvalue weighted by molar-refractivity contribution is 6.30. The van der Waals surface area contributed by atoms with E-state index in [9.17, 15) is 14.0 Å². The Balaban J connectivity index is 1.43. The Labute approximate surface area is 185 Å². The van der Waals surface area contributed by atoms with Crippen molar-refractivity contribution in [3.63, 3.8) is 0 Å². The van der Waals surface area contributed by atoms with Gasteiger partial charge in [-0.2, -0.15) is 5.43 Å². The molecule has 1 N–H and O–H groups in total. The molecule has 31 heavy (non-hydrogen) atoms. The van der Waals surface area contributed by atoms with E-state index in [0.29, 0.717) is 18.1 Å². The van der Waals surface area contributed by atoms with Gasteiger partial charge in [-0.15, -0.1) is 0 Å². The molecule has 3 atom stereocenters. The van der Waals surface area contributed by atoms with Crippen LogP contribution in [0.5, 0.6) is 0 Å². The lowest BCUT2D eigenvalue weighted by molar-refractivity contribution is -0.157. The summed E-state index contributed by atoms with van der Waals surface area (Å²) in [5, 5.41) is 2.22. The van der Waals surface area contributed by atoms with Crippen molar-refractivity contribution in [1.29, 1.82) is 0 Å². The van der Waals surface area contributed by atoms with Gasteiger partial charge in [-0.25, -0.2) is 9.18 Å². The van der Waals surface area contributed by atoms with Crippen molar-refractivity contribution in [2.75, 3.05) is 0 Å². The molecule has 2 aliphatic heterocycles. The van der Waals surface area contributed by atoms with Gasteiger partial charge < -0.3 is 4.90 Å². The van der Waals surface area contributed by atoms with E-state index in [2.05, 4.69) is 5.43 Å². The molecular weight excluding hydrogens is 419 g/mol. The minimum atomic E-state index is -0.545. The van der Waals surface area contributed by atoms with E-state index in [1.165, 1.54) is 12.1 Å². The Kier molecular flexibility index (Phi) is 5.32. The van der Waals surface area contributed by atoms with Gasteiger partial charge >= 0.3 is 6.03 Å². The number of amides is 3. The highest BCUT2D eigenvalue weighted by Crippen LogP contribution is 2.39. The van der Waals surface area contributed by atoms with Crippen LogP contribution in [0.25, 0.3) is 0 Å². The van der Waals surface area contributed by atoms with Gasteiger partial charge in [0.15, 0.2) is 6.29 Å². The van der Waals surface area contributed by atoms with Crippen LogP contribution in [-0.2, 0) is 17.9 Å². The van der Waals surface area contributed by atoms with Gasteiger partial charge in [0.05, 0.1) is 12.5 Å². The quantitative estimate of drug-likeness (QED) is 0.775. The number of carbonyl (C=O) groups is 2. The predicted octanol–water partition coefficient (Wildman–Crippen LogP) is 4.11. The van der Waals surface area contributed by atoms with Gasteiger partial charge in [-0.1, -0.05) is 48.7 Å². The average molecular weight is 443 g/mol. The number of nitrogens with zero attached hydrogens (tertiary/aromatic N) is 3. The van der Waals surface area contributed by atoms with Crippen LogP contribution in [0.4, 0.5) is 9.18 Å². The van der Waals surface area contributed by atoms with Gasteiger partial charge in [0.1, 0.15) is 5.82 Å². The number of rotatable bonds is 4. The molecule has 0 aromatic heterocycles. The number of fused-ring (bicyclic) bond motifs is 3. The summed E-state index contributed by atoms with van der Waals surface area (Å²) in [5.74, 6) is -0.443. The molecule has 0 spiro atoms. The maximum Gasteiger partial charge on any atom is 0.337 e. The minimum Gasteiger partial charge on any atom is -0.303 e. The zero-order valence-electron chi connectivity index (χ0n) is 17.0. The second-order valence-electron chi connectivity index (χ2n) is 8.46. The summed E-state index contributed by atoms with van der Waals surface area (Å²) < 4.78 is 13.4. The van der Waals surface area contributed by atoms with Crippen LogP contribution >= 0.6 is 11.6 Å². The second-order valence-corrected chi connectivity index (χ2v) is 8.89. The molecule has 1 saturated carbocycles. The smallest absolute Gasteiger partial charge is 0.303 e. The fourth-order valence-corrected chi connectivity index (χ4v) is 5.07. The zero-order valence-corrected chi connectivity index (χ0v) is 17.8. The topological polar surface area (TPSA) is 55.9 Å². The van der Waals surface area contributed by atoms with Crippen LogP contribution in [0.1, 0.15) is 36.8 Å². The fraction of sp³-hybridized carbons (Fsp3) is 0.391. The summed E-state index contributed by atoms with van der Waals surface area (Å²) in [6.45, 7) is 0.692. The van der Waals surface area contributed by atoms with Gasteiger partial charge in [0, 0.05) is 17.6 Å². The number of nitrogens with one attached hydrogen (secondary N) is 1. The Hall–Kier alpha value is -2.64. The highest BCUT2D eigenvalue weighted by atomic mass is 35.5. The van der Waals surface area contributed by atoms with Crippen molar-refractivity contribution < 1.29 is 14.0 Å². The fourth-order valence-electron chi connectivity index (χ4n) is 4.95. The number of hydrogen-bond acceptors (Lipinski definition) is 3. The summed E-state index contributed by atoms with van der Waals surface area (Å²) in [4.78, 5) is 30.4. The molecule has 3 aliphatic rings. The normalized spacial score (nSPS) is 25.6. The third-order valence-corrected chi connectivity index (χ3v) is 6.74. The molecule has 2 heterocycles. The Morgan fingerprint density at radius 2 is 1.58 bits per heavy atom. The van der Waals surface area contributed by atoms with E-state index >= 15 is 0 Å². The van der Waals surface area contributed by atoms with Crippen LogP contribution < -0.4 is 5.43 Å². The lowest BCUT2D eigenvalue weighted by Gasteiger charge is -2.48. The summed E-state index contributed by atoms with van der Waals surface area (Å²) >= 11 is 5.98. The molecule has 6 nitrogen and oxygen atoms in total. The first-order valence-electron chi connectivity index (χ1n) is 10.7. The average Bonchev–Trinajstić information content (AvgIpc) is 3.10. The SMILES string of the molecule is O=C1C2CCCCC2N2C(=O)N(Cc3ccc(Cl)cc3)NC2N1Cc1ccc(F)cc1. The van der Waals surface area contributed by atoms with E-state index in [-0.39, 0.29) is 29.7 Å². The van der Waals surface area contributed by atoms with E-state index in [1.54, 1.807) is 34.2 Å². The van der Waals surface area contributed by atoms with Crippen molar-refractivity contribution >= 4 is 23.5 Å². The Morgan fingerprint density at radius 3 is 2.32 bits per heavy atom. The zero-order chi connectivity index (χ0) is 21.5. The van der Waals surface area contributed by atoms with Crippen molar-refractivity contribution in [2.45, 2.75) is 51.1 Å². The summed E-state index contributed by atoms with van der Waals surface area (Å²) in [7, 11) is 0. The third-order valence-electron chi connectivity index (χ3n) is 6.49. The Morgan fingerprint density at radius 1 is 0.935 bits per heavy atom. The lowest BCUT2D eigenvalue weighted by atomic mass is 9.81. The number of benzene rings is 2. The number of carbonyl (C=O) groups excluding carboxylic acids is 2. The first kappa shape index (κ1) is 20.3. The maximum absolute atomic E-state index is 13.4. The third kappa shape index (κ3) is 3.77. The molecule has 2 aromatic carbocycles. The van der Waals surface area contributed by atoms with Crippen LogP contribution in [0.2, 0.25) is 5.02 Å². The highest BCUT2D eigenvalue weighted by Gasteiger charge is 2.54. The number of hydrazine groups is 1. The second kappa shape index (κ2) is 8.13. The van der Waals surface area contributed by atoms with E-state index in [1.807, 2.05) is 17.0 Å². The molecule has 1 aliphatic carbocycles. The van der Waals surface area contributed by atoms with E-state index in [4.69, 9.17) is 11.6 Å². The molecule has 3 unspecified atom stereocenters. The molecule has 3 fully saturated rings. The van der Waals surface area contributed by atoms with Gasteiger partial charge in [0.2, 0.25) is 5.91 Å². The standard InChI is InChI=1S/C23H24ClFN4O2/c24-17-9-5-16(6-10-17)14-28-23(31)29-20-4-2-1-3-19(20)21(30)27(22(29)26-28)13-15-7-11-18(25)12-8-15/h5-12,19-20,22,26H,1-4,13-14H2. The summed E-state index contributed by atoms with van der Waals surface area (Å²) in [6, 6.07) is 13.3. The number of urea groups is 1. The van der Waals surface area contributed by atoms with Crippen molar-refractivity contribution in [3.8, 4) is 0 Å².